The second kappa shape index (κ2) is 12.5. The molecule has 1 atom stereocenters. The van der Waals surface area contributed by atoms with Gasteiger partial charge in [0.15, 0.2) is 0 Å². The first kappa shape index (κ1) is 29.4. The van der Waals surface area contributed by atoms with Gasteiger partial charge < -0.3 is 19.7 Å². The predicted molar refractivity (Wildman–Crippen MR) is 171 cm³/mol. The number of ether oxygens (including phenoxy) is 1. The number of fused-ring (bicyclic) bond motifs is 4. The number of amides is 1. The predicted octanol–water partition coefficient (Wildman–Crippen LogP) is 6.47. The molecule has 7 rings (SSSR count). The molecule has 226 valence electrons. The number of nitrogens with zero attached hydrogens (tertiary/aromatic N) is 3. The molecule has 1 amide bonds. The maximum Gasteiger partial charge on any atom is 0.225 e. The number of methoxy groups -OCH3 is 1. The number of aliphatic hydroxyl groups excluding tert-OH is 1. The minimum absolute atomic E-state index is 0.0331. The fraction of sp³-hybridized carbons (Fsp3) is 0.444. The highest BCUT2D eigenvalue weighted by molar-refractivity contribution is 5.88. The van der Waals surface area contributed by atoms with Crippen LogP contribution in [0.4, 0.5) is 0 Å². The zero-order chi connectivity index (χ0) is 30.0. The van der Waals surface area contributed by atoms with Crippen LogP contribution in [0.3, 0.4) is 0 Å². The summed E-state index contributed by atoms with van der Waals surface area (Å²) in [4.78, 5) is 25.9. The van der Waals surface area contributed by atoms with Crippen molar-refractivity contribution in [3.05, 3.63) is 83.7 Å². The summed E-state index contributed by atoms with van der Waals surface area (Å²) in [6.07, 6.45) is 6.92. The van der Waals surface area contributed by atoms with Crippen molar-refractivity contribution < 1.29 is 14.6 Å². The van der Waals surface area contributed by atoms with Gasteiger partial charge in [-0.05, 0) is 61.1 Å². The normalized spacial score (nSPS) is 19.8. The summed E-state index contributed by atoms with van der Waals surface area (Å²) in [5.41, 5.74) is 6.64. The highest BCUT2D eigenvalue weighted by atomic mass is 16.5. The molecule has 1 spiro atoms. The lowest BCUT2D eigenvalue weighted by molar-refractivity contribution is -0.140. The molecule has 7 heteroatoms. The number of hydrogen-bond donors (Lipinski definition) is 2. The Morgan fingerprint density at radius 2 is 1.84 bits per heavy atom. The van der Waals surface area contributed by atoms with E-state index < -0.39 is 0 Å². The molecular formula is C36H44N4O3. The third-order valence-corrected chi connectivity index (χ3v) is 9.80. The summed E-state index contributed by atoms with van der Waals surface area (Å²) in [6, 6.07) is 20.7. The lowest BCUT2D eigenvalue weighted by Crippen LogP contribution is -2.55. The Hall–Kier alpha value is -3.68. The Balaban J connectivity index is 0.00000161. The van der Waals surface area contributed by atoms with Crippen LogP contribution in [0.2, 0.25) is 0 Å². The van der Waals surface area contributed by atoms with Crippen molar-refractivity contribution in [3.63, 3.8) is 0 Å². The van der Waals surface area contributed by atoms with Crippen molar-refractivity contribution in [3.8, 4) is 17.0 Å². The number of H-pyrrole nitrogens is 1. The van der Waals surface area contributed by atoms with Gasteiger partial charge in [0.25, 0.3) is 0 Å². The molecule has 3 aliphatic rings. The summed E-state index contributed by atoms with van der Waals surface area (Å²) >= 11 is 0. The second-order valence-corrected chi connectivity index (χ2v) is 12.1. The molecule has 2 aromatic carbocycles. The molecule has 43 heavy (non-hydrogen) atoms. The first-order valence-electron chi connectivity index (χ1n) is 15.9. The molecule has 4 heterocycles. The number of nitrogens with one attached hydrogen (secondary N) is 1. The summed E-state index contributed by atoms with van der Waals surface area (Å²) in [7, 11) is 1.69. The number of aromatic amines is 1. The zero-order valence-electron chi connectivity index (χ0n) is 25.7. The summed E-state index contributed by atoms with van der Waals surface area (Å²) in [6.45, 7) is 7.18. The third-order valence-electron chi connectivity index (χ3n) is 9.80. The fourth-order valence-electron chi connectivity index (χ4n) is 7.30. The Labute approximate surface area is 254 Å². The Kier molecular flexibility index (Phi) is 8.55. The van der Waals surface area contributed by atoms with E-state index in [0.717, 1.165) is 80.1 Å². The van der Waals surface area contributed by atoms with Crippen molar-refractivity contribution in [2.75, 3.05) is 33.4 Å². The Morgan fingerprint density at radius 1 is 1.07 bits per heavy atom. The van der Waals surface area contributed by atoms with Crippen LogP contribution in [0.1, 0.15) is 68.8 Å². The van der Waals surface area contributed by atoms with Gasteiger partial charge in [-0.25, -0.2) is 0 Å². The second-order valence-electron chi connectivity index (χ2n) is 12.1. The minimum Gasteiger partial charge on any atom is -0.497 e. The van der Waals surface area contributed by atoms with Crippen molar-refractivity contribution in [1.29, 1.82) is 0 Å². The Morgan fingerprint density at radius 3 is 2.47 bits per heavy atom. The molecule has 1 saturated carbocycles. The molecule has 2 N–H and O–H groups in total. The van der Waals surface area contributed by atoms with E-state index in [4.69, 9.17) is 4.74 Å². The van der Waals surface area contributed by atoms with Gasteiger partial charge in [0.1, 0.15) is 5.75 Å². The van der Waals surface area contributed by atoms with Gasteiger partial charge in [-0.15, -0.1) is 0 Å². The molecule has 4 aromatic rings. The molecule has 1 unspecified atom stereocenters. The van der Waals surface area contributed by atoms with Gasteiger partial charge in [-0.1, -0.05) is 50.6 Å². The number of rotatable bonds is 6. The molecule has 0 bridgehead atoms. The topological polar surface area (TPSA) is 81.7 Å². The Bertz CT molecular complexity index is 1540. The van der Waals surface area contributed by atoms with E-state index >= 15 is 0 Å². The van der Waals surface area contributed by atoms with Crippen LogP contribution in [0.15, 0.2) is 66.9 Å². The van der Waals surface area contributed by atoms with Crippen molar-refractivity contribution in [2.45, 2.75) is 64.0 Å². The number of aliphatic hydroxyl groups is 1. The molecule has 0 radical (unpaired) electrons. The van der Waals surface area contributed by atoms with Crippen LogP contribution in [0, 0.1) is 5.92 Å². The van der Waals surface area contributed by atoms with Crippen LogP contribution < -0.4 is 4.74 Å². The minimum atomic E-state index is -0.140. The van der Waals surface area contributed by atoms with Crippen LogP contribution in [-0.2, 0) is 16.8 Å². The monoisotopic (exact) mass is 580 g/mol. The van der Waals surface area contributed by atoms with Gasteiger partial charge in [0, 0.05) is 71.9 Å². The molecule has 1 saturated heterocycles. The van der Waals surface area contributed by atoms with Gasteiger partial charge >= 0.3 is 0 Å². The van der Waals surface area contributed by atoms with E-state index in [9.17, 15) is 9.90 Å². The number of carbonyl (C=O) groups is 1. The average Bonchev–Trinajstić information content (AvgIpc) is 3.42. The average molecular weight is 581 g/mol. The quantitative estimate of drug-likeness (QED) is 0.273. The molecule has 2 aromatic heterocycles. The van der Waals surface area contributed by atoms with E-state index in [-0.39, 0.29) is 24.0 Å². The van der Waals surface area contributed by atoms with E-state index in [1.807, 2.05) is 44.3 Å². The van der Waals surface area contributed by atoms with E-state index in [1.54, 1.807) is 7.11 Å². The summed E-state index contributed by atoms with van der Waals surface area (Å²) < 4.78 is 5.54. The van der Waals surface area contributed by atoms with Gasteiger partial charge in [-0.3, -0.25) is 14.7 Å². The van der Waals surface area contributed by atoms with Crippen molar-refractivity contribution in [1.82, 2.24) is 19.8 Å². The lowest BCUT2D eigenvalue weighted by Gasteiger charge is -2.50. The van der Waals surface area contributed by atoms with Gasteiger partial charge in [-0.2, -0.15) is 0 Å². The summed E-state index contributed by atoms with van der Waals surface area (Å²) in [5, 5.41) is 12.0. The first-order chi connectivity index (χ1) is 21.1. The number of hydrogen-bond acceptors (Lipinski definition) is 5. The van der Waals surface area contributed by atoms with E-state index in [1.165, 1.54) is 22.9 Å². The molecule has 2 aliphatic heterocycles. The van der Waals surface area contributed by atoms with Crippen LogP contribution in [0.5, 0.6) is 5.75 Å². The van der Waals surface area contributed by atoms with Gasteiger partial charge in [0.05, 0.1) is 25.5 Å². The van der Waals surface area contributed by atoms with Crippen LogP contribution in [-0.4, -0.2) is 64.1 Å². The molecule has 7 nitrogen and oxygen atoms in total. The molecular weight excluding hydrogens is 536 g/mol. The maximum absolute atomic E-state index is 13.1. The zero-order valence-corrected chi connectivity index (χ0v) is 25.7. The SMILES string of the molecule is CC.COc1ccc2c3c([nH]c2c1)C(CO)N(Cc1ccc(-c2ccccn2)cc1)CC31CCN(C(=O)C2CCC2)CC1. The van der Waals surface area contributed by atoms with Crippen molar-refractivity contribution >= 4 is 16.8 Å². The number of likely N-dealkylation sites (tertiary alicyclic amines) is 1. The van der Waals surface area contributed by atoms with Crippen molar-refractivity contribution in [2.24, 2.45) is 5.92 Å². The number of piperidine rings is 1. The maximum atomic E-state index is 13.1. The van der Waals surface area contributed by atoms with E-state index in [0.29, 0.717) is 5.91 Å². The number of benzene rings is 2. The first-order valence-corrected chi connectivity index (χ1v) is 15.9. The smallest absolute Gasteiger partial charge is 0.225 e. The third kappa shape index (κ3) is 5.45. The molecule has 1 aliphatic carbocycles. The number of pyridine rings is 1. The van der Waals surface area contributed by atoms with Crippen LogP contribution in [0.25, 0.3) is 22.2 Å². The van der Waals surface area contributed by atoms with Gasteiger partial charge in [0.2, 0.25) is 5.91 Å². The standard InChI is InChI=1S/C34H38N4O3.C2H6/c1-41-26-12-13-27-29(19-26)36-32-30(21-39)38(20-23-8-10-24(11-9-23)28-7-2-3-16-35-28)22-34(31(27)32)14-17-37(18-15-34)33(40)25-5-4-6-25;1-2/h2-3,7-13,16,19,25,30,36,39H,4-6,14-15,17-18,20-22H2,1H3;1-2H3. The lowest BCUT2D eigenvalue weighted by atomic mass is 9.68. The highest BCUT2D eigenvalue weighted by Gasteiger charge is 2.48. The highest BCUT2D eigenvalue weighted by Crippen LogP contribution is 2.49. The number of carbonyl (C=O) groups excluding carboxylic acids is 1. The largest absolute Gasteiger partial charge is 0.497 e. The summed E-state index contributed by atoms with van der Waals surface area (Å²) in [5.74, 6) is 1.40. The van der Waals surface area contributed by atoms with Crippen LogP contribution >= 0.6 is 0 Å². The van der Waals surface area contributed by atoms with E-state index in [2.05, 4.69) is 56.2 Å². The fourth-order valence-corrected chi connectivity index (χ4v) is 7.30. The number of aromatic nitrogens is 2. The molecule has 2 fully saturated rings.